The van der Waals surface area contributed by atoms with Crippen molar-refractivity contribution in [3.05, 3.63) is 17.3 Å². The van der Waals surface area contributed by atoms with Gasteiger partial charge in [-0.1, -0.05) is 0 Å². The van der Waals surface area contributed by atoms with Crippen LogP contribution in [0.4, 0.5) is 0 Å². The van der Waals surface area contributed by atoms with Crippen molar-refractivity contribution in [2.75, 3.05) is 19.7 Å². The highest BCUT2D eigenvalue weighted by molar-refractivity contribution is 5.92. The highest BCUT2D eigenvalue weighted by Gasteiger charge is 2.31. The molecule has 1 amide bonds. The lowest BCUT2D eigenvalue weighted by atomic mass is 10.2. The Bertz CT molecular complexity index is 443. The van der Waals surface area contributed by atoms with Gasteiger partial charge < -0.3 is 19.2 Å². The Balaban J connectivity index is 2.15. The number of aliphatic hydroxyl groups is 1. The summed E-state index contributed by atoms with van der Waals surface area (Å²) in [6, 6.07) is 0. The van der Waals surface area contributed by atoms with E-state index in [1.54, 1.807) is 18.7 Å². The summed E-state index contributed by atoms with van der Waals surface area (Å²) < 4.78 is 10.8. The van der Waals surface area contributed by atoms with E-state index in [2.05, 4.69) is 4.98 Å². The second-order valence-corrected chi connectivity index (χ2v) is 4.61. The van der Waals surface area contributed by atoms with E-state index in [4.69, 9.17) is 14.3 Å². The zero-order valence-corrected chi connectivity index (χ0v) is 10.8. The Hall–Kier alpha value is -1.40. The predicted octanol–water partition coefficient (Wildman–Crippen LogP) is 0.513. The largest absolute Gasteiger partial charge is 0.436 e. The first-order chi connectivity index (χ1) is 8.51. The van der Waals surface area contributed by atoms with Gasteiger partial charge in [0.15, 0.2) is 5.89 Å². The van der Waals surface area contributed by atoms with Crippen LogP contribution in [-0.4, -0.2) is 52.8 Å². The lowest BCUT2D eigenvalue weighted by Crippen LogP contribution is -2.50. The van der Waals surface area contributed by atoms with Crippen LogP contribution in [0.1, 0.15) is 29.1 Å². The molecule has 1 N–H and O–H groups in total. The van der Waals surface area contributed by atoms with Crippen molar-refractivity contribution >= 4 is 5.91 Å². The number of aliphatic hydroxyl groups excluding tert-OH is 1. The number of amides is 1. The van der Waals surface area contributed by atoms with Crippen molar-refractivity contribution in [3.63, 3.8) is 0 Å². The molecule has 0 aliphatic carbocycles. The standard InChI is InChI=1S/C12H18N2O4/c1-7-4-14(5-10(6-15)17-7)12(16)11-8(2)13-9(3)18-11/h7,10,15H,4-6H2,1-3H3. The third-order valence-corrected chi connectivity index (χ3v) is 2.91. The van der Waals surface area contributed by atoms with Gasteiger partial charge in [0.2, 0.25) is 5.76 Å². The summed E-state index contributed by atoms with van der Waals surface area (Å²) in [6.45, 7) is 6.11. The van der Waals surface area contributed by atoms with E-state index in [1.807, 2.05) is 6.92 Å². The van der Waals surface area contributed by atoms with Crippen LogP contribution in [0.5, 0.6) is 0 Å². The van der Waals surface area contributed by atoms with E-state index in [1.165, 1.54) is 0 Å². The Morgan fingerprint density at radius 2 is 2.22 bits per heavy atom. The SMILES string of the molecule is Cc1nc(C)c(C(=O)N2CC(C)OC(CO)C2)o1. The summed E-state index contributed by atoms with van der Waals surface area (Å²) in [7, 11) is 0. The number of nitrogens with zero attached hydrogens (tertiary/aromatic N) is 2. The number of morpholine rings is 1. The second-order valence-electron chi connectivity index (χ2n) is 4.61. The van der Waals surface area contributed by atoms with Gasteiger partial charge in [0, 0.05) is 20.0 Å². The zero-order valence-electron chi connectivity index (χ0n) is 10.8. The van der Waals surface area contributed by atoms with E-state index in [-0.39, 0.29) is 30.5 Å². The molecule has 0 aromatic carbocycles. The van der Waals surface area contributed by atoms with Crippen LogP contribution in [0, 0.1) is 13.8 Å². The summed E-state index contributed by atoms with van der Waals surface area (Å²) in [5.41, 5.74) is 0.595. The normalized spacial score (nSPS) is 24.3. The molecule has 0 bridgehead atoms. The number of hydrogen-bond donors (Lipinski definition) is 1. The number of aryl methyl sites for hydroxylation is 2. The van der Waals surface area contributed by atoms with Gasteiger partial charge in [-0.25, -0.2) is 4.98 Å². The molecule has 0 saturated carbocycles. The molecule has 2 unspecified atom stereocenters. The molecule has 18 heavy (non-hydrogen) atoms. The van der Waals surface area contributed by atoms with Gasteiger partial charge in [-0.15, -0.1) is 0 Å². The molecular formula is C12H18N2O4. The molecule has 2 heterocycles. The van der Waals surface area contributed by atoms with Gasteiger partial charge in [0.05, 0.1) is 24.5 Å². The topological polar surface area (TPSA) is 75.8 Å². The van der Waals surface area contributed by atoms with Crippen LogP contribution in [0.3, 0.4) is 0 Å². The first-order valence-corrected chi connectivity index (χ1v) is 6.01. The smallest absolute Gasteiger partial charge is 0.291 e. The maximum atomic E-state index is 12.3. The van der Waals surface area contributed by atoms with E-state index in [9.17, 15) is 4.79 Å². The molecule has 100 valence electrons. The van der Waals surface area contributed by atoms with Crippen molar-refractivity contribution < 1.29 is 19.1 Å². The molecule has 6 heteroatoms. The van der Waals surface area contributed by atoms with Gasteiger partial charge in [-0.05, 0) is 13.8 Å². The maximum absolute atomic E-state index is 12.3. The molecule has 2 rings (SSSR count). The van der Waals surface area contributed by atoms with Crippen molar-refractivity contribution in [2.45, 2.75) is 33.0 Å². The second kappa shape index (κ2) is 5.07. The van der Waals surface area contributed by atoms with Crippen LogP contribution in [-0.2, 0) is 4.74 Å². The van der Waals surface area contributed by atoms with E-state index < -0.39 is 0 Å². The first kappa shape index (κ1) is 13.0. The molecule has 0 radical (unpaired) electrons. The number of carbonyl (C=O) groups excluding carboxylic acids is 1. The molecule has 6 nitrogen and oxygen atoms in total. The molecule has 1 aromatic rings. The van der Waals surface area contributed by atoms with Crippen LogP contribution in [0.25, 0.3) is 0 Å². The Labute approximate surface area is 106 Å². The number of oxazole rings is 1. The number of hydrogen-bond acceptors (Lipinski definition) is 5. The summed E-state index contributed by atoms with van der Waals surface area (Å²) in [6.07, 6.45) is -0.425. The average Bonchev–Trinajstić information content (AvgIpc) is 2.66. The molecule has 1 saturated heterocycles. The summed E-state index contributed by atoms with van der Waals surface area (Å²) >= 11 is 0. The van der Waals surface area contributed by atoms with Gasteiger partial charge in [-0.2, -0.15) is 0 Å². The minimum absolute atomic E-state index is 0.0934. The highest BCUT2D eigenvalue weighted by atomic mass is 16.5. The fourth-order valence-corrected chi connectivity index (χ4v) is 2.19. The first-order valence-electron chi connectivity index (χ1n) is 6.01. The summed E-state index contributed by atoms with van der Waals surface area (Å²) in [5.74, 6) is 0.566. The lowest BCUT2D eigenvalue weighted by Gasteiger charge is -2.35. The number of aromatic nitrogens is 1. The van der Waals surface area contributed by atoms with Crippen LogP contribution < -0.4 is 0 Å². The van der Waals surface area contributed by atoms with Crippen LogP contribution >= 0.6 is 0 Å². The van der Waals surface area contributed by atoms with Gasteiger partial charge in [0.25, 0.3) is 5.91 Å². The fourth-order valence-electron chi connectivity index (χ4n) is 2.19. The molecule has 1 aromatic heterocycles. The minimum Gasteiger partial charge on any atom is -0.436 e. The maximum Gasteiger partial charge on any atom is 0.291 e. The van der Waals surface area contributed by atoms with E-state index >= 15 is 0 Å². The van der Waals surface area contributed by atoms with Gasteiger partial charge >= 0.3 is 0 Å². The van der Waals surface area contributed by atoms with Gasteiger partial charge in [-0.3, -0.25) is 4.79 Å². The average molecular weight is 254 g/mol. The molecule has 1 fully saturated rings. The molecular weight excluding hydrogens is 236 g/mol. The monoisotopic (exact) mass is 254 g/mol. The molecule has 0 spiro atoms. The Morgan fingerprint density at radius 3 is 2.78 bits per heavy atom. The molecule has 1 aliphatic rings. The van der Waals surface area contributed by atoms with Crippen molar-refractivity contribution in [1.29, 1.82) is 0 Å². The van der Waals surface area contributed by atoms with Crippen molar-refractivity contribution in [1.82, 2.24) is 9.88 Å². The summed E-state index contributed by atoms with van der Waals surface area (Å²) in [4.78, 5) is 18.0. The summed E-state index contributed by atoms with van der Waals surface area (Å²) in [5, 5.41) is 9.14. The zero-order chi connectivity index (χ0) is 13.3. The Kier molecular flexibility index (Phi) is 3.68. The van der Waals surface area contributed by atoms with Crippen molar-refractivity contribution in [3.8, 4) is 0 Å². The fraction of sp³-hybridized carbons (Fsp3) is 0.667. The van der Waals surface area contributed by atoms with Crippen LogP contribution in [0.2, 0.25) is 0 Å². The number of ether oxygens (including phenoxy) is 1. The lowest BCUT2D eigenvalue weighted by molar-refractivity contribution is -0.0863. The Morgan fingerprint density at radius 1 is 1.50 bits per heavy atom. The number of carbonyl (C=O) groups is 1. The predicted molar refractivity (Wildman–Crippen MR) is 63.3 cm³/mol. The number of rotatable bonds is 2. The quantitative estimate of drug-likeness (QED) is 0.832. The van der Waals surface area contributed by atoms with Crippen molar-refractivity contribution in [2.24, 2.45) is 0 Å². The van der Waals surface area contributed by atoms with E-state index in [0.29, 0.717) is 24.7 Å². The molecule has 1 aliphatic heterocycles. The minimum atomic E-state index is -0.331. The third kappa shape index (κ3) is 2.54. The van der Waals surface area contributed by atoms with Gasteiger partial charge in [0.1, 0.15) is 0 Å². The third-order valence-electron chi connectivity index (χ3n) is 2.91. The molecule has 2 atom stereocenters. The van der Waals surface area contributed by atoms with E-state index in [0.717, 1.165) is 0 Å². The highest BCUT2D eigenvalue weighted by Crippen LogP contribution is 2.17. The van der Waals surface area contributed by atoms with Crippen LogP contribution in [0.15, 0.2) is 4.42 Å².